The Balaban J connectivity index is 1.86. The van der Waals surface area contributed by atoms with E-state index in [0.717, 1.165) is 5.56 Å². The third-order valence-electron chi connectivity index (χ3n) is 5.38. The Morgan fingerprint density at radius 2 is 1.90 bits per heavy atom. The van der Waals surface area contributed by atoms with Crippen molar-refractivity contribution in [2.75, 3.05) is 11.9 Å². The van der Waals surface area contributed by atoms with Crippen molar-refractivity contribution < 1.29 is 13.9 Å². The quantitative estimate of drug-likeness (QED) is 0.585. The van der Waals surface area contributed by atoms with E-state index >= 15 is 0 Å². The summed E-state index contributed by atoms with van der Waals surface area (Å²) in [6.45, 7) is 8.10. The maximum atomic E-state index is 14.4. The third kappa shape index (κ3) is 3.83. The molecule has 7 heteroatoms. The van der Waals surface area contributed by atoms with Crippen LogP contribution in [-0.4, -0.2) is 27.3 Å². The highest BCUT2D eigenvalue weighted by Gasteiger charge is 2.35. The van der Waals surface area contributed by atoms with Crippen LogP contribution in [0.2, 0.25) is 0 Å². The molecule has 1 unspecified atom stereocenters. The average molecular weight is 420 g/mol. The number of carbonyl (C=O) groups excluding carboxylic acids is 1. The summed E-state index contributed by atoms with van der Waals surface area (Å²) in [6.07, 6.45) is 0. The molecule has 1 atom stereocenters. The van der Waals surface area contributed by atoms with Gasteiger partial charge in [-0.25, -0.2) is 13.9 Å². The molecule has 1 aliphatic rings. The van der Waals surface area contributed by atoms with Crippen LogP contribution in [0.5, 0.6) is 0 Å². The van der Waals surface area contributed by atoms with Crippen molar-refractivity contribution in [3.05, 3.63) is 76.7 Å². The fourth-order valence-corrected chi connectivity index (χ4v) is 3.75. The van der Waals surface area contributed by atoms with Crippen LogP contribution in [-0.2, 0) is 9.53 Å². The Morgan fingerprint density at radius 3 is 2.55 bits per heavy atom. The van der Waals surface area contributed by atoms with E-state index in [9.17, 15) is 9.18 Å². The molecule has 3 aromatic rings. The molecule has 6 nitrogen and oxygen atoms in total. The lowest BCUT2D eigenvalue weighted by atomic mass is 9.93. The average Bonchev–Trinajstić information content (AvgIpc) is 3.16. The number of esters is 1. The van der Waals surface area contributed by atoms with Crippen molar-refractivity contribution in [2.45, 2.75) is 39.7 Å². The summed E-state index contributed by atoms with van der Waals surface area (Å²) in [6, 6.07) is 13.9. The van der Waals surface area contributed by atoms with Crippen LogP contribution in [0.15, 0.2) is 59.8 Å². The van der Waals surface area contributed by atoms with Gasteiger partial charge in [0.2, 0.25) is 5.95 Å². The lowest BCUT2D eigenvalue weighted by Gasteiger charge is -2.28. The zero-order valence-corrected chi connectivity index (χ0v) is 18.0. The van der Waals surface area contributed by atoms with Gasteiger partial charge in [-0.15, -0.1) is 5.10 Å². The number of allylic oxidation sites excluding steroid dienone is 1. The highest BCUT2D eigenvalue weighted by atomic mass is 19.1. The molecule has 1 aliphatic heterocycles. The van der Waals surface area contributed by atoms with Gasteiger partial charge in [-0.2, -0.15) is 4.98 Å². The molecule has 0 amide bonds. The Labute approximate surface area is 180 Å². The molecule has 0 aliphatic carbocycles. The molecule has 1 aromatic heterocycles. The summed E-state index contributed by atoms with van der Waals surface area (Å²) in [5, 5.41) is 7.72. The topological polar surface area (TPSA) is 69.0 Å². The first-order valence-electron chi connectivity index (χ1n) is 10.4. The number of nitrogens with zero attached hydrogens (tertiary/aromatic N) is 3. The number of nitrogens with one attached hydrogen (secondary N) is 1. The number of benzene rings is 2. The molecule has 31 heavy (non-hydrogen) atoms. The predicted molar refractivity (Wildman–Crippen MR) is 117 cm³/mol. The molecule has 0 saturated carbocycles. The van der Waals surface area contributed by atoms with E-state index < -0.39 is 17.8 Å². The van der Waals surface area contributed by atoms with Crippen LogP contribution in [0, 0.1) is 5.82 Å². The van der Waals surface area contributed by atoms with Crippen LogP contribution < -0.4 is 5.32 Å². The van der Waals surface area contributed by atoms with Gasteiger partial charge in [-0.05, 0) is 43.0 Å². The summed E-state index contributed by atoms with van der Waals surface area (Å²) in [4.78, 5) is 17.4. The van der Waals surface area contributed by atoms with E-state index in [-0.39, 0.29) is 12.4 Å². The Hall–Kier alpha value is -3.48. The first-order chi connectivity index (χ1) is 14.9. The SMILES string of the molecule is CCOC(=O)C1=C(C)Nc2nc(-c3ccccc3F)nn2C1c1ccc(C(C)C)cc1. The second-order valence-electron chi connectivity index (χ2n) is 7.79. The van der Waals surface area contributed by atoms with Gasteiger partial charge in [0.05, 0.1) is 17.7 Å². The Kier molecular flexibility index (Phi) is 5.59. The van der Waals surface area contributed by atoms with E-state index in [1.54, 1.807) is 29.8 Å². The number of halogens is 1. The minimum Gasteiger partial charge on any atom is -0.463 e. The zero-order valence-electron chi connectivity index (χ0n) is 18.0. The predicted octanol–water partition coefficient (Wildman–Crippen LogP) is 5.06. The van der Waals surface area contributed by atoms with Crippen LogP contribution in [0.3, 0.4) is 0 Å². The van der Waals surface area contributed by atoms with Crippen molar-refractivity contribution >= 4 is 11.9 Å². The highest BCUT2D eigenvalue weighted by molar-refractivity contribution is 5.92. The van der Waals surface area contributed by atoms with Gasteiger partial charge in [0, 0.05) is 5.70 Å². The maximum absolute atomic E-state index is 14.4. The largest absolute Gasteiger partial charge is 0.463 e. The Bertz CT molecular complexity index is 1150. The van der Waals surface area contributed by atoms with E-state index in [1.165, 1.54) is 11.6 Å². The van der Waals surface area contributed by atoms with Crippen LogP contribution in [0.4, 0.5) is 10.3 Å². The summed E-state index contributed by atoms with van der Waals surface area (Å²) in [5.74, 6) is 0.264. The number of hydrogen-bond donors (Lipinski definition) is 1. The molecule has 4 rings (SSSR count). The summed E-state index contributed by atoms with van der Waals surface area (Å²) in [7, 11) is 0. The number of ether oxygens (including phenoxy) is 1. The summed E-state index contributed by atoms with van der Waals surface area (Å²) in [5.41, 5.74) is 3.46. The molecular weight excluding hydrogens is 395 g/mol. The van der Waals surface area contributed by atoms with Crippen molar-refractivity contribution in [3.8, 4) is 11.4 Å². The van der Waals surface area contributed by atoms with Crippen LogP contribution in [0.1, 0.15) is 50.8 Å². The Morgan fingerprint density at radius 1 is 1.19 bits per heavy atom. The normalized spacial score (nSPS) is 15.6. The van der Waals surface area contributed by atoms with Crippen LogP contribution in [0.25, 0.3) is 11.4 Å². The van der Waals surface area contributed by atoms with Gasteiger partial charge in [-0.3, -0.25) is 0 Å². The standard InChI is InChI=1S/C24H25FN4O2/c1-5-31-23(30)20-15(4)26-24-27-22(18-8-6-7-9-19(18)25)28-29(24)21(20)17-12-10-16(11-13-17)14(2)3/h6-14,21H,5H2,1-4H3,(H,26,27,28). The van der Waals surface area contributed by atoms with E-state index in [2.05, 4.69) is 41.4 Å². The highest BCUT2D eigenvalue weighted by Crippen LogP contribution is 2.37. The van der Waals surface area contributed by atoms with Crippen LogP contribution >= 0.6 is 0 Å². The van der Waals surface area contributed by atoms with Gasteiger partial charge in [0.1, 0.15) is 11.9 Å². The minimum atomic E-state index is -0.537. The van der Waals surface area contributed by atoms with Gasteiger partial charge < -0.3 is 10.1 Å². The van der Waals surface area contributed by atoms with E-state index in [4.69, 9.17) is 4.74 Å². The van der Waals surface area contributed by atoms with Crippen molar-refractivity contribution in [3.63, 3.8) is 0 Å². The van der Waals surface area contributed by atoms with Gasteiger partial charge in [0.25, 0.3) is 0 Å². The fraction of sp³-hybridized carbons (Fsp3) is 0.292. The number of fused-ring (bicyclic) bond motifs is 1. The lowest BCUT2D eigenvalue weighted by Crippen LogP contribution is -2.29. The lowest BCUT2D eigenvalue weighted by molar-refractivity contribution is -0.139. The number of aromatic nitrogens is 3. The van der Waals surface area contributed by atoms with Gasteiger partial charge in [0.15, 0.2) is 5.82 Å². The van der Waals surface area contributed by atoms with E-state index in [0.29, 0.717) is 28.7 Å². The third-order valence-corrected chi connectivity index (χ3v) is 5.38. The number of anilines is 1. The summed E-state index contributed by atoms with van der Waals surface area (Å²) >= 11 is 0. The minimum absolute atomic E-state index is 0.252. The van der Waals surface area contributed by atoms with Crippen molar-refractivity contribution in [1.29, 1.82) is 0 Å². The fourth-order valence-electron chi connectivity index (χ4n) is 3.75. The summed E-state index contributed by atoms with van der Waals surface area (Å²) < 4.78 is 21.3. The van der Waals surface area contributed by atoms with Crippen molar-refractivity contribution in [2.24, 2.45) is 0 Å². The first-order valence-corrected chi connectivity index (χ1v) is 10.4. The number of hydrogen-bond acceptors (Lipinski definition) is 5. The molecule has 0 fully saturated rings. The second kappa shape index (κ2) is 8.34. The molecule has 2 aromatic carbocycles. The molecular formula is C24H25FN4O2. The number of rotatable bonds is 5. The number of carbonyl (C=O) groups is 1. The molecule has 1 N–H and O–H groups in total. The van der Waals surface area contributed by atoms with Crippen molar-refractivity contribution in [1.82, 2.24) is 14.8 Å². The molecule has 2 heterocycles. The molecule has 0 spiro atoms. The zero-order chi connectivity index (χ0) is 22.1. The van der Waals surface area contributed by atoms with Gasteiger partial charge in [-0.1, -0.05) is 50.2 Å². The molecule has 0 bridgehead atoms. The smallest absolute Gasteiger partial charge is 0.338 e. The van der Waals surface area contributed by atoms with Gasteiger partial charge >= 0.3 is 5.97 Å². The maximum Gasteiger partial charge on any atom is 0.338 e. The molecule has 160 valence electrons. The molecule has 0 saturated heterocycles. The monoisotopic (exact) mass is 420 g/mol. The first kappa shape index (κ1) is 20.8. The molecule has 0 radical (unpaired) electrons. The van der Waals surface area contributed by atoms with E-state index in [1.807, 2.05) is 19.1 Å². The second-order valence-corrected chi connectivity index (χ2v) is 7.79.